The Kier molecular flexibility index (Phi) is 6.35. The molecule has 0 saturated carbocycles. The first kappa shape index (κ1) is 18.9. The summed E-state index contributed by atoms with van der Waals surface area (Å²) in [5.74, 6) is 0.113. The predicted octanol–water partition coefficient (Wildman–Crippen LogP) is 3.78. The van der Waals surface area contributed by atoms with E-state index in [1.165, 1.54) is 0 Å². The van der Waals surface area contributed by atoms with Gasteiger partial charge in [-0.1, -0.05) is 32.9 Å². The molecule has 1 aromatic carbocycles. The van der Waals surface area contributed by atoms with Gasteiger partial charge in [0.25, 0.3) is 0 Å². The third kappa shape index (κ3) is 3.95. The maximum absolute atomic E-state index is 13.0. The molecule has 2 N–H and O–H groups in total. The van der Waals surface area contributed by atoms with Crippen LogP contribution >= 0.6 is 11.3 Å². The lowest BCUT2D eigenvalue weighted by Gasteiger charge is -2.32. The van der Waals surface area contributed by atoms with Gasteiger partial charge in [0.05, 0.1) is 20.6 Å². The van der Waals surface area contributed by atoms with Crippen LogP contribution in [0.4, 0.5) is 0 Å². The minimum absolute atomic E-state index is 0.0443. The fraction of sp³-hybridized carbons (Fsp3) is 0.579. The molecule has 0 radical (unpaired) electrons. The molecular weight excluding hydrogens is 320 g/mol. The highest BCUT2D eigenvalue weighted by Crippen LogP contribution is 2.34. The van der Waals surface area contributed by atoms with E-state index in [0.29, 0.717) is 6.42 Å². The van der Waals surface area contributed by atoms with E-state index >= 15 is 0 Å². The van der Waals surface area contributed by atoms with Crippen LogP contribution in [-0.2, 0) is 11.2 Å². The van der Waals surface area contributed by atoms with E-state index in [-0.39, 0.29) is 24.5 Å². The minimum atomic E-state index is -0.447. The maximum atomic E-state index is 13.0. The molecule has 4 nitrogen and oxygen atoms in total. The van der Waals surface area contributed by atoms with Crippen LogP contribution in [-0.4, -0.2) is 28.6 Å². The number of thiazole rings is 1. The van der Waals surface area contributed by atoms with Gasteiger partial charge in [-0.05, 0) is 37.8 Å². The van der Waals surface area contributed by atoms with Gasteiger partial charge >= 0.3 is 0 Å². The third-order valence-corrected chi connectivity index (χ3v) is 6.20. The lowest BCUT2D eigenvalue weighted by Crippen LogP contribution is -2.47. The molecule has 0 aliphatic rings. The van der Waals surface area contributed by atoms with Crippen LogP contribution in [0.5, 0.6) is 0 Å². The summed E-state index contributed by atoms with van der Waals surface area (Å²) >= 11 is 1.67. The Bertz CT molecular complexity index is 646. The number of aliphatic hydroxyl groups excluding tert-OH is 1. The van der Waals surface area contributed by atoms with E-state index < -0.39 is 5.41 Å². The van der Waals surface area contributed by atoms with Crippen molar-refractivity contribution in [2.24, 2.45) is 11.3 Å². The number of hydrogen-bond donors (Lipinski definition) is 2. The monoisotopic (exact) mass is 348 g/mol. The number of nitrogens with one attached hydrogen (secondary N) is 1. The van der Waals surface area contributed by atoms with Crippen LogP contribution in [0.2, 0.25) is 0 Å². The van der Waals surface area contributed by atoms with Crippen molar-refractivity contribution in [3.8, 4) is 0 Å². The number of carbonyl (C=O) groups excluding carboxylic acids is 1. The van der Waals surface area contributed by atoms with Crippen molar-refractivity contribution >= 4 is 27.5 Å². The van der Waals surface area contributed by atoms with Gasteiger partial charge in [0.2, 0.25) is 5.91 Å². The number of benzene rings is 1. The summed E-state index contributed by atoms with van der Waals surface area (Å²) in [7, 11) is 0. The van der Waals surface area contributed by atoms with Crippen LogP contribution in [0.1, 0.15) is 45.5 Å². The van der Waals surface area contributed by atoms with Crippen LogP contribution in [0.25, 0.3) is 10.2 Å². The topological polar surface area (TPSA) is 62.2 Å². The summed E-state index contributed by atoms with van der Waals surface area (Å²) in [4.78, 5) is 17.7. The first-order valence-corrected chi connectivity index (χ1v) is 9.53. The molecule has 0 aliphatic carbocycles. The first-order chi connectivity index (χ1) is 11.5. The van der Waals surface area contributed by atoms with Gasteiger partial charge in [0.1, 0.15) is 0 Å². The number of para-hydroxylation sites is 1. The number of aromatic nitrogens is 1. The number of amides is 1. The van der Waals surface area contributed by atoms with Gasteiger partial charge in [-0.3, -0.25) is 4.79 Å². The molecule has 2 rings (SSSR count). The van der Waals surface area contributed by atoms with Crippen molar-refractivity contribution in [2.45, 2.75) is 53.0 Å². The van der Waals surface area contributed by atoms with Crippen LogP contribution < -0.4 is 5.32 Å². The largest absolute Gasteiger partial charge is 0.396 e. The number of rotatable bonds is 8. The molecule has 2 atom stereocenters. The zero-order valence-corrected chi connectivity index (χ0v) is 15.8. The molecule has 132 valence electrons. The van der Waals surface area contributed by atoms with Gasteiger partial charge in [0, 0.05) is 19.1 Å². The Labute approximate surface area is 148 Å². The van der Waals surface area contributed by atoms with Gasteiger partial charge in [0.15, 0.2) is 0 Å². The summed E-state index contributed by atoms with van der Waals surface area (Å²) in [6.07, 6.45) is 2.20. The van der Waals surface area contributed by atoms with Crippen molar-refractivity contribution in [3.63, 3.8) is 0 Å². The van der Waals surface area contributed by atoms with Crippen LogP contribution in [0, 0.1) is 11.3 Å². The summed E-state index contributed by atoms with van der Waals surface area (Å²) in [6.45, 7) is 8.10. The zero-order chi connectivity index (χ0) is 17.7. The fourth-order valence-electron chi connectivity index (χ4n) is 2.85. The van der Waals surface area contributed by atoms with Crippen molar-refractivity contribution in [3.05, 3.63) is 29.3 Å². The third-order valence-electron chi connectivity index (χ3n) is 5.16. The van der Waals surface area contributed by atoms with Gasteiger partial charge in [-0.25, -0.2) is 4.98 Å². The second kappa shape index (κ2) is 8.08. The highest BCUT2D eigenvalue weighted by atomic mass is 32.1. The smallest absolute Gasteiger partial charge is 0.226 e. The molecule has 24 heavy (non-hydrogen) atoms. The van der Waals surface area contributed by atoms with Crippen molar-refractivity contribution in [1.29, 1.82) is 0 Å². The molecule has 1 aromatic heterocycles. The summed E-state index contributed by atoms with van der Waals surface area (Å²) in [5.41, 5.74) is 0.554. The second-order valence-electron chi connectivity index (χ2n) is 6.66. The number of hydrogen-bond acceptors (Lipinski definition) is 4. The van der Waals surface area contributed by atoms with Gasteiger partial charge < -0.3 is 10.4 Å². The average molecular weight is 349 g/mol. The number of carbonyl (C=O) groups is 1. The zero-order valence-electron chi connectivity index (χ0n) is 15.0. The molecule has 2 unspecified atom stereocenters. The standard InChI is InChI=1S/C19H28N2O2S/c1-5-19(6-2,18(23)20-14(4)13(3)12-22)11-17-21-15-9-7-8-10-16(15)24-17/h7-10,13-14,22H,5-6,11-12H2,1-4H3,(H,20,23). The second-order valence-corrected chi connectivity index (χ2v) is 7.78. The van der Waals surface area contributed by atoms with Crippen molar-refractivity contribution < 1.29 is 9.90 Å². The van der Waals surface area contributed by atoms with E-state index in [0.717, 1.165) is 28.1 Å². The molecule has 5 heteroatoms. The summed E-state index contributed by atoms with van der Waals surface area (Å²) in [5, 5.41) is 13.4. The van der Waals surface area contributed by atoms with E-state index in [9.17, 15) is 9.90 Å². The number of fused-ring (bicyclic) bond motifs is 1. The fourth-order valence-corrected chi connectivity index (χ4v) is 3.96. The van der Waals surface area contributed by atoms with E-state index in [1.807, 2.05) is 32.0 Å². The highest BCUT2D eigenvalue weighted by molar-refractivity contribution is 7.18. The Morgan fingerprint density at radius 2 is 1.96 bits per heavy atom. The van der Waals surface area contributed by atoms with Crippen molar-refractivity contribution in [2.75, 3.05) is 6.61 Å². The molecule has 1 amide bonds. The highest BCUT2D eigenvalue weighted by Gasteiger charge is 2.37. The van der Waals surface area contributed by atoms with E-state index in [4.69, 9.17) is 4.98 Å². The molecule has 0 bridgehead atoms. The van der Waals surface area contributed by atoms with Crippen LogP contribution in [0.3, 0.4) is 0 Å². The molecule has 0 spiro atoms. The normalized spacial score (nSPS) is 14.5. The average Bonchev–Trinajstić information content (AvgIpc) is 3.00. The van der Waals surface area contributed by atoms with E-state index in [1.54, 1.807) is 11.3 Å². The summed E-state index contributed by atoms with van der Waals surface area (Å²) in [6, 6.07) is 8.04. The lowest BCUT2D eigenvalue weighted by atomic mass is 9.78. The lowest BCUT2D eigenvalue weighted by molar-refractivity contribution is -0.132. The quantitative estimate of drug-likeness (QED) is 0.763. The predicted molar refractivity (Wildman–Crippen MR) is 100 cm³/mol. The van der Waals surface area contributed by atoms with Gasteiger partial charge in [-0.2, -0.15) is 0 Å². The van der Waals surface area contributed by atoms with Crippen molar-refractivity contribution in [1.82, 2.24) is 10.3 Å². The molecule has 1 heterocycles. The molecule has 0 saturated heterocycles. The number of aliphatic hydroxyl groups is 1. The minimum Gasteiger partial charge on any atom is -0.396 e. The first-order valence-electron chi connectivity index (χ1n) is 8.72. The molecule has 2 aromatic rings. The Morgan fingerprint density at radius 3 is 2.54 bits per heavy atom. The Hall–Kier alpha value is -1.46. The Morgan fingerprint density at radius 1 is 1.29 bits per heavy atom. The molecule has 0 fully saturated rings. The number of nitrogens with zero attached hydrogens (tertiary/aromatic N) is 1. The summed E-state index contributed by atoms with van der Waals surface area (Å²) < 4.78 is 1.16. The van der Waals surface area contributed by atoms with Gasteiger partial charge in [-0.15, -0.1) is 11.3 Å². The molecular formula is C19H28N2O2S. The van der Waals surface area contributed by atoms with Crippen LogP contribution in [0.15, 0.2) is 24.3 Å². The Balaban J connectivity index is 2.21. The van der Waals surface area contributed by atoms with E-state index in [2.05, 4.69) is 25.2 Å². The molecule has 0 aliphatic heterocycles. The SMILES string of the molecule is CCC(CC)(Cc1nc2ccccc2s1)C(=O)NC(C)C(C)CO. The maximum Gasteiger partial charge on any atom is 0.226 e.